The molecule has 0 spiro atoms. The van der Waals surface area contributed by atoms with Crippen LogP contribution in [0.3, 0.4) is 0 Å². The van der Waals surface area contributed by atoms with Crippen molar-refractivity contribution in [1.29, 1.82) is 0 Å². The van der Waals surface area contributed by atoms with Crippen LogP contribution in [0.15, 0.2) is 30.3 Å². The number of hydrogen-bond donors (Lipinski definition) is 0. The summed E-state index contributed by atoms with van der Waals surface area (Å²) in [5, 5.41) is 0. The maximum Gasteiger partial charge on any atom is 0.201 e. The number of benzene rings is 2. The van der Waals surface area contributed by atoms with E-state index in [4.69, 9.17) is 4.74 Å². The highest BCUT2D eigenvalue weighted by molar-refractivity contribution is 5.52. The topological polar surface area (TPSA) is 9.23 Å². The summed E-state index contributed by atoms with van der Waals surface area (Å²) in [6.07, 6.45) is 11.8. The van der Waals surface area contributed by atoms with Crippen LogP contribution in [0.5, 0.6) is 5.75 Å². The molecular weight excluding hydrogens is 416 g/mol. The van der Waals surface area contributed by atoms with E-state index in [2.05, 4.69) is 0 Å². The molecule has 5 heteroatoms. The summed E-state index contributed by atoms with van der Waals surface area (Å²) in [7, 11) is 1.30. The van der Waals surface area contributed by atoms with E-state index in [0.717, 1.165) is 51.4 Å². The van der Waals surface area contributed by atoms with Gasteiger partial charge in [-0.2, -0.15) is 4.39 Å². The quantitative estimate of drug-likeness (QED) is 0.420. The van der Waals surface area contributed by atoms with E-state index in [9.17, 15) is 17.6 Å². The average Bonchev–Trinajstić information content (AvgIpc) is 2.83. The fourth-order valence-corrected chi connectivity index (χ4v) is 5.32. The van der Waals surface area contributed by atoms with Crippen LogP contribution in [0.25, 0.3) is 6.08 Å². The molecule has 2 aromatic carbocycles. The van der Waals surface area contributed by atoms with Gasteiger partial charge in [0, 0.05) is 5.56 Å². The van der Waals surface area contributed by atoms with Gasteiger partial charge in [-0.25, -0.2) is 13.2 Å². The van der Waals surface area contributed by atoms with E-state index in [1.165, 1.54) is 25.7 Å². The summed E-state index contributed by atoms with van der Waals surface area (Å²) in [5.74, 6) is -3.05. The van der Waals surface area contributed by atoms with E-state index in [0.29, 0.717) is 11.1 Å². The normalized spacial score (nSPS) is 22.4. The fourth-order valence-electron chi connectivity index (χ4n) is 5.32. The van der Waals surface area contributed by atoms with Crippen molar-refractivity contribution in [2.45, 2.75) is 69.6 Å². The Morgan fingerprint density at radius 1 is 0.688 bits per heavy atom. The molecule has 0 unspecified atom stereocenters. The number of halogens is 4. The van der Waals surface area contributed by atoms with Gasteiger partial charge in [-0.05, 0) is 79.5 Å². The Bertz CT molecular complexity index is 970. The van der Waals surface area contributed by atoms with Crippen molar-refractivity contribution in [2.75, 3.05) is 7.11 Å². The zero-order chi connectivity index (χ0) is 22.7. The molecule has 0 amide bonds. The molecule has 2 saturated carbocycles. The first-order chi connectivity index (χ1) is 15.5. The van der Waals surface area contributed by atoms with Gasteiger partial charge in [-0.15, -0.1) is 0 Å². The van der Waals surface area contributed by atoms with Gasteiger partial charge in [0.25, 0.3) is 0 Å². The lowest BCUT2D eigenvalue weighted by Crippen LogP contribution is -2.15. The lowest BCUT2D eigenvalue weighted by Gasteiger charge is -2.28. The van der Waals surface area contributed by atoms with Crippen molar-refractivity contribution in [1.82, 2.24) is 0 Å². The molecule has 0 heterocycles. The van der Waals surface area contributed by atoms with E-state index in [1.807, 2.05) is 6.08 Å². The Labute approximate surface area is 187 Å². The lowest BCUT2D eigenvalue weighted by atomic mass is 9.77. The van der Waals surface area contributed by atoms with Crippen molar-refractivity contribution in [3.05, 3.63) is 70.3 Å². The van der Waals surface area contributed by atoms with Crippen molar-refractivity contribution < 1.29 is 22.3 Å². The van der Waals surface area contributed by atoms with Crippen molar-refractivity contribution in [3.63, 3.8) is 0 Å². The molecule has 1 nitrogen and oxygen atoms in total. The number of hydrogen-bond acceptors (Lipinski definition) is 1. The second-order valence-corrected chi connectivity index (χ2v) is 9.16. The summed E-state index contributed by atoms with van der Waals surface area (Å²) >= 11 is 0. The van der Waals surface area contributed by atoms with E-state index < -0.39 is 23.3 Å². The Morgan fingerprint density at radius 3 is 1.88 bits per heavy atom. The fraction of sp³-hybridized carbons (Fsp3) is 0.481. The first-order valence-electron chi connectivity index (χ1n) is 11.7. The van der Waals surface area contributed by atoms with E-state index in [1.54, 1.807) is 18.2 Å². The monoisotopic (exact) mass is 446 g/mol. The predicted octanol–water partition coefficient (Wildman–Crippen LogP) is 8.29. The molecule has 0 bridgehead atoms. The van der Waals surface area contributed by atoms with Gasteiger partial charge < -0.3 is 4.74 Å². The van der Waals surface area contributed by atoms with Crippen molar-refractivity contribution in [2.24, 2.45) is 5.92 Å². The Balaban J connectivity index is 1.40. The molecular formula is C27H30F4O. The lowest BCUT2D eigenvalue weighted by molar-refractivity contribution is 0.361. The zero-order valence-corrected chi connectivity index (χ0v) is 18.5. The third kappa shape index (κ3) is 4.72. The molecule has 0 aromatic heterocycles. The van der Waals surface area contributed by atoms with Crippen LogP contribution in [0.2, 0.25) is 0 Å². The SMILES string of the molecule is COc1ccc(/C=C/C2CCC(c3ccc(C4CCCCC4)c(F)c3F)CC2)c(F)c1F. The molecule has 2 aliphatic rings. The first kappa shape index (κ1) is 22.9. The third-order valence-corrected chi connectivity index (χ3v) is 7.24. The maximum absolute atomic E-state index is 14.9. The Hall–Kier alpha value is -2.30. The number of rotatable bonds is 5. The number of ether oxygens (including phenoxy) is 1. The summed E-state index contributed by atoms with van der Waals surface area (Å²) in [6, 6.07) is 6.49. The van der Waals surface area contributed by atoms with Crippen molar-refractivity contribution >= 4 is 6.08 Å². The first-order valence-corrected chi connectivity index (χ1v) is 11.7. The number of methoxy groups -OCH3 is 1. The minimum absolute atomic E-state index is 0.00952. The summed E-state index contributed by atoms with van der Waals surface area (Å²) < 4.78 is 62.6. The van der Waals surface area contributed by atoms with Crippen LogP contribution in [0, 0.1) is 29.2 Å². The molecule has 0 aliphatic heterocycles. The molecule has 0 radical (unpaired) electrons. The van der Waals surface area contributed by atoms with Gasteiger partial charge in [-0.3, -0.25) is 0 Å². The smallest absolute Gasteiger partial charge is 0.201 e. The Morgan fingerprint density at radius 2 is 1.28 bits per heavy atom. The molecule has 172 valence electrons. The van der Waals surface area contributed by atoms with Crippen LogP contribution < -0.4 is 4.74 Å². The van der Waals surface area contributed by atoms with E-state index >= 15 is 0 Å². The molecule has 32 heavy (non-hydrogen) atoms. The van der Waals surface area contributed by atoms with Crippen LogP contribution >= 0.6 is 0 Å². The van der Waals surface area contributed by atoms with Gasteiger partial charge >= 0.3 is 0 Å². The van der Waals surface area contributed by atoms with Gasteiger partial charge in [0.1, 0.15) is 0 Å². The van der Waals surface area contributed by atoms with Crippen molar-refractivity contribution in [3.8, 4) is 5.75 Å². The standard InChI is InChI=1S/C27H30F4O/c1-32-23-16-13-20(24(28)27(23)31)12-9-17-7-10-19(11-8-17)22-15-14-21(25(29)26(22)30)18-5-3-2-4-6-18/h9,12-19H,2-8,10-11H2,1H3/b12-9+. The second kappa shape index (κ2) is 10.1. The molecule has 4 rings (SSSR count). The highest BCUT2D eigenvalue weighted by atomic mass is 19.2. The third-order valence-electron chi connectivity index (χ3n) is 7.24. The van der Waals surface area contributed by atoms with Gasteiger partial charge in [0.2, 0.25) is 5.82 Å². The highest BCUT2D eigenvalue weighted by Crippen LogP contribution is 2.41. The van der Waals surface area contributed by atoms with Crippen LogP contribution in [0.1, 0.15) is 86.3 Å². The highest BCUT2D eigenvalue weighted by Gasteiger charge is 2.27. The maximum atomic E-state index is 14.9. The van der Waals surface area contributed by atoms with Gasteiger partial charge in [0.05, 0.1) is 7.11 Å². The Kier molecular flexibility index (Phi) is 7.22. The molecule has 0 N–H and O–H groups in total. The zero-order valence-electron chi connectivity index (χ0n) is 18.5. The predicted molar refractivity (Wildman–Crippen MR) is 119 cm³/mol. The summed E-state index contributed by atoms with van der Waals surface area (Å²) in [6.45, 7) is 0. The molecule has 0 atom stereocenters. The minimum Gasteiger partial charge on any atom is -0.494 e. The van der Waals surface area contributed by atoms with Crippen LogP contribution in [0.4, 0.5) is 17.6 Å². The van der Waals surface area contributed by atoms with Gasteiger partial charge in [0.15, 0.2) is 23.2 Å². The second-order valence-electron chi connectivity index (χ2n) is 9.16. The average molecular weight is 447 g/mol. The molecule has 2 fully saturated rings. The van der Waals surface area contributed by atoms with Crippen LogP contribution in [-0.4, -0.2) is 7.11 Å². The largest absolute Gasteiger partial charge is 0.494 e. The van der Waals surface area contributed by atoms with E-state index in [-0.39, 0.29) is 29.1 Å². The molecule has 0 saturated heterocycles. The molecule has 2 aliphatic carbocycles. The van der Waals surface area contributed by atoms with Gasteiger partial charge in [-0.1, -0.05) is 43.5 Å². The number of allylic oxidation sites excluding steroid dienone is 1. The summed E-state index contributed by atoms with van der Waals surface area (Å²) in [5.41, 5.74) is 1.20. The van der Waals surface area contributed by atoms with Crippen LogP contribution in [-0.2, 0) is 0 Å². The summed E-state index contributed by atoms with van der Waals surface area (Å²) in [4.78, 5) is 0. The minimum atomic E-state index is -0.993. The molecule has 2 aromatic rings.